The summed E-state index contributed by atoms with van der Waals surface area (Å²) in [6.45, 7) is 9.13. The molecule has 0 radical (unpaired) electrons. The molecule has 1 unspecified atom stereocenters. The van der Waals surface area contributed by atoms with Gasteiger partial charge in [-0.3, -0.25) is 4.79 Å². The van der Waals surface area contributed by atoms with Crippen molar-refractivity contribution >= 4 is 34.8 Å². The molecule has 1 saturated carbocycles. The number of anilines is 1. The maximum absolute atomic E-state index is 14.5. The van der Waals surface area contributed by atoms with Gasteiger partial charge in [0.1, 0.15) is 29.0 Å². The molecule has 44 heavy (non-hydrogen) atoms. The van der Waals surface area contributed by atoms with Gasteiger partial charge in [0.25, 0.3) is 11.8 Å². The number of hydrogen-bond donors (Lipinski definition) is 0. The number of imide groups is 1. The van der Waals surface area contributed by atoms with Crippen molar-refractivity contribution in [2.45, 2.75) is 90.1 Å². The molecular formula is C27H29F5N6O6. The number of nitrogens with zero attached hydrogens (tertiary/aromatic N) is 6. The molecule has 3 aromatic heterocycles. The largest absolute Gasteiger partial charge is 0.443 e. The van der Waals surface area contributed by atoms with Crippen molar-refractivity contribution in [1.82, 2.24) is 24.7 Å². The predicted molar refractivity (Wildman–Crippen MR) is 142 cm³/mol. The fourth-order valence-electron chi connectivity index (χ4n) is 4.18. The van der Waals surface area contributed by atoms with E-state index in [-0.39, 0.29) is 5.65 Å². The van der Waals surface area contributed by atoms with Crippen LogP contribution in [0.15, 0.2) is 24.7 Å². The maximum atomic E-state index is 14.5. The molecule has 238 valence electrons. The first-order chi connectivity index (χ1) is 20.2. The first kappa shape index (κ1) is 32.5. The molecule has 0 N–H and O–H groups in total. The van der Waals surface area contributed by atoms with Crippen molar-refractivity contribution in [3.05, 3.63) is 30.2 Å². The van der Waals surface area contributed by atoms with Gasteiger partial charge in [-0.2, -0.15) is 18.1 Å². The average Bonchev–Trinajstić information content (AvgIpc) is 3.22. The SMILES string of the molecule is CC(C)(C)OC(=O)N(C(=O)OC(C)(C)C)c1ncnc2c1c(Oc1cc(C(F)(F)F)ccn1)nn2C1CC(F)(F)CCC1=O. The van der Waals surface area contributed by atoms with E-state index in [0.29, 0.717) is 17.0 Å². The van der Waals surface area contributed by atoms with Crippen LogP contribution in [0, 0.1) is 0 Å². The van der Waals surface area contributed by atoms with Gasteiger partial charge in [0.15, 0.2) is 17.2 Å². The molecule has 0 spiro atoms. The zero-order valence-electron chi connectivity index (χ0n) is 24.5. The molecule has 17 heteroatoms. The molecule has 1 aliphatic rings. The fraction of sp³-hybridized carbons (Fsp3) is 0.519. The van der Waals surface area contributed by atoms with Gasteiger partial charge in [-0.05, 0) is 47.6 Å². The van der Waals surface area contributed by atoms with Crippen molar-refractivity contribution in [2.24, 2.45) is 0 Å². The Morgan fingerprint density at radius 2 is 1.61 bits per heavy atom. The van der Waals surface area contributed by atoms with Crippen LogP contribution in [0.1, 0.15) is 72.4 Å². The number of pyridine rings is 1. The Hall–Kier alpha value is -4.44. The van der Waals surface area contributed by atoms with E-state index in [2.05, 4.69) is 20.1 Å². The molecule has 1 aliphatic carbocycles. The Morgan fingerprint density at radius 1 is 1.00 bits per heavy atom. The van der Waals surface area contributed by atoms with Gasteiger partial charge in [0.05, 0.1) is 5.56 Å². The summed E-state index contributed by atoms with van der Waals surface area (Å²) in [5, 5.41) is 3.71. The standard InChI is InChI=1S/C27H29F5N6O6/c1-24(2,3)43-22(40)37(23(41)44-25(4,5)6)19-18-20(35-13-34-19)38(15-12-26(28,29)9-7-16(15)39)36-21(18)42-17-11-14(8-10-33-17)27(30,31)32/h8,10-11,13,15H,7,9,12H2,1-6H3. The Morgan fingerprint density at radius 3 is 2.18 bits per heavy atom. The van der Waals surface area contributed by atoms with Crippen molar-refractivity contribution in [1.29, 1.82) is 0 Å². The van der Waals surface area contributed by atoms with E-state index in [1.165, 1.54) is 41.5 Å². The molecule has 0 aromatic carbocycles. The maximum Gasteiger partial charge on any atom is 0.425 e. The highest BCUT2D eigenvalue weighted by molar-refractivity contribution is 6.14. The number of halogens is 5. The summed E-state index contributed by atoms with van der Waals surface area (Å²) >= 11 is 0. The van der Waals surface area contributed by atoms with Gasteiger partial charge in [-0.25, -0.2) is 38.0 Å². The zero-order valence-corrected chi connectivity index (χ0v) is 24.5. The third kappa shape index (κ3) is 7.37. The summed E-state index contributed by atoms with van der Waals surface area (Å²) in [5.41, 5.74) is -3.73. The van der Waals surface area contributed by atoms with Gasteiger partial charge < -0.3 is 14.2 Å². The zero-order chi connectivity index (χ0) is 32.8. The summed E-state index contributed by atoms with van der Waals surface area (Å²) in [5.74, 6) is -5.72. The Bertz CT molecular complexity index is 1570. The number of carbonyl (C=O) groups is 3. The van der Waals surface area contributed by atoms with E-state index >= 15 is 0 Å². The lowest BCUT2D eigenvalue weighted by atomic mass is 9.91. The van der Waals surface area contributed by atoms with Gasteiger partial charge >= 0.3 is 18.4 Å². The van der Waals surface area contributed by atoms with Crippen LogP contribution in [0.5, 0.6) is 11.8 Å². The number of Topliss-reactive ketones (excluding diaryl/α,β-unsaturated/α-hetero) is 1. The smallest absolute Gasteiger partial charge is 0.425 e. The lowest BCUT2D eigenvalue weighted by molar-refractivity contribution is -0.137. The summed E-state index contributed by atoms with van der Waals surface area (Å²) < 4.78 is 86.3. The first-order valence-corrected chi connectivity index (χ1v) is 13.3. The first-order valence-electron chi connectivity index (χ1n) is 13.3. The lowest BCUT2D eigenvalue weighted by Gasteiger charge is -2.28. The minimum atomic E-state index is -4.78. The number of fused-ring (bicyclic) bond motifs is 1. The molecule has 1 fully saturated rings. The van der Waals surface area contributed by atoms with E-state index < -0.39 is 95.1 Å². The van der Waals surface area contributed by atoms with Gasteiger partial charge in [-0.1, -0.05) is 0 Å². The van der Waals surface area contributed by atoms with Crippen LogP contribution < -0.4 is 9.64 Å². The van der Waals surface area contributed by atoms with Crippen LogP contribution in [0.25, 0.3) is 11.0 Å². The molecule has 0 bridgehead atoms. The lowest BCUT2D eigenvalue weighted by Crippen LogP contribution is -2.44. The molecule has 12 nitrogen and oxygen atoms in total. The predicted octanol–water partition coefficient (Wildman–Crippen LogP) is 6.64. The number of amides is 2. The fourth-order valence-corrected chi connectivity index (χ4v) is 4.18. The van der Waals surface area contributed by atoms with Crippen LogP contribution >= 0.6 is 0 Å². The normalized spacial score (nSPS) is 17.3. The summed E-state index contributed by atoms with van der Waals surface area (Å²) in [4.78, 5) is 51.8. The molecule has 0 aliphatic heterocycles. The Balaban J connectivity index is 1.97. The second-order valence-electron chi connectivity index (χ2n) is 12.0. The second kappa shape index (κ2) is 11.2. The molecular weight excluding hydrogens is 599 g/mol. The van der Waals surface area contributed by atoms with Crippen molar-refractivity contribution < 1.29 is 50.5 Å². The summed E-state index contributed by atoms with van der Waals surface area (Å²) in [6, 6.07) is -0.339. The van der Waals surface area contributed by atoms with Crippen LogP contribution in [-0.4, -0.2) is 59.8 Å². The number of rotatable bonds is 4. The number of hydrogen-bond acceptors (Lipinski definition) is 10. The summed E-state index contributed by atoms with van der Waals surface area (Å²) in [7, 11) is 0. The van der Waals surface area contributed by atoms with Crippen LogP contribution in [0.4, 0.5) is 37.4 Å². The van der Waals surface area contributed by atoms with Crippen molar-refractivity contribution in [3.8, 4) is 11.8 Å². The van der Waals surface area contributed by atoms with Gasteiger partial charge in [-0.15, -0.1) is 5.10 Å². The van der Waals surface area contributed by atoms with Gasteiger partial charge in [0.2, 0.25) is 5.88 Å². The van der Waals surface area contributed by atoms with Crippen molar-refractivity contribution in [2.75, 3.05) is 4.90 Å². The quantitative estimate of drug-likeness (QED) is 0.289. The van der Waals surface area contributed by atoms with E-state index in [0.717, 1.165) is 17.2 Å². The Labute approximate surface area is 247 Å². The van der Waals surface area contributed by atoms with Gasteiger partial charge in [0, 0.05) is 31.5 Å². The molecule has 3 heterocycles. The van der Waals surface area contributed by atoms with Crippen LogP contribution in [0.2, 0.25) is 0 Å². The van der Waals surface area contributed by atoms with E-state index in [9.17, 15) is 36.3 Å². The highest BCUT2D eigenvalue weighted by Gasteiger charge is 2.44. The Kier molecular flexibility index (Phi) is 8.30. The third-order valence-corrected chi connectivity index (χ3v) is 5.96. The second-order valence-corrected chi connectivity index (χ2v) is 12.0. The molecule has 1 atom stereocenters. The average molecular weight is 629 g/mol. The van der Waals surface area contributed by atoms with E-state index in [1.54, 1.807) is 0 Å². The number of carbonyl (C=O) groups excluding carboxylic acids is 3. The minimum absolute atomic E-state index is 0.342. The number of alkyl halides is 5. The monoisotopic (exact) mass is 628 g/mol. The van der Waals surface area contributed by atoms with E-state index in [4.69, 9.17) is 14.2 Å². The third-order valence-electron chi connectivity index (χ3n) is 5.96. The number of aromatic nitrogens is 5. The minimum Gasteiger partial charge on any atom is -0.443 e. The molecule has 4 rings (SSSR count). The topological polar surface area (TPSA) is 139 Å². The molecule has 2 amide bonds. The van der Waals surface area contributed by atoms with E-state index in [1.807, 2.05) is 0 Å². The van der Waals surface area contributed by atoms with Crippen LogP contribution in [0.3, 0.4) is 0 Å². The number of ketones is 1. The highest BCUT2D eigenvalue weighted by Crippen LogP contribution is 2.42. The summed E-state index contributed by atoms with van der Waals surface area (Å²) in [6.07, 6.45) is -7.80. The van der Waals surface area contributed by atoms with Crippen molar-refractivity contribution in [3.63, 3.8) is 0 Å². The molecule has 0 saturated heterocycles. The number of ether oxygens (including phenoxy) is 3. The highest BCUT2D eigenvalue weighted by atomic mass is 19.4. The molecule has 3 aromatic rings. The van der Waals surface area contributed by atoms with Crippen LogP contribution in [-0.2, 0) is 20.4 Å².